The van der Waals surface area contributed by atoms with Gasteiger partial charge in [-0.15, -0.1) is 0 Å². The Hall–Kier alpha value is -1.99. The number of quaternary nitrogens is 1. The second-order valence-electron chi connectivity index (χ2n) is 4.90. The molecule has 1 amide bonds. The van der Waals surface area contributed by atoms with E-state index in [1.165, 1.54) is 24.3 Å². The first-order chi connectivity index (χ1) is 10.1. The first-order valence-electron chi connectivity index (χ1n) is 6.75. The van der Waals surface area contributed by atoms with Gasteiger partial charge in [0.25, 0.3) is 0 Å². The molecule has 0 spiro atoms. The molecule has 1 aromatic carbocycles. The van der Waals surface area contributed by atoms with E-state index in [1.807, 2.05) is 0 Å². The maximum atomic E-state index is 13.0. The second kappa shape index (κ2) is 7.14. The van der Waals surface area contributed by atoms with Crippen molar-refractivity contribution in [3.8, 4) is 0 Å². The van der Waals surface area contributed by atoms with Gasteiger partial charge in [-0.3, -0.25) is 4.79 Å². The summed E-state index contributed by atoms with van der Waals surface area (Å²) in [5.41, 5.74) is 0.300. The largest absolute Gasteiger partial charge is 0.544 e. The van der Waals surface area contributed by atoms with Gasteiger partial charge >= 0.3 is 0 Å². The summed E-state index contributed by atoms with van der Waals surface area (Å²) in [5.74, 6) is -2.21. The summed E-state index contributed by atoms with van der Waals surface area (Å²) in [6.07, 6.45) is -0.214. The zero-order chi connectivity index (χ0) is 15.2. The fourth-order valence-electron chi connectivity index (χ4n) is 2.34. The molecule has 0 saturated carbocycles. The summed E-state index contributed by atoms with van der Waals surface area (Å²) in [5, 5.41) is 13.7. The molecule has 2 rings (SSSR count). The third-order valence-corrected chi connectivity index (χ3v) is 3.41. The third-order valence-electron chi connectivity index (χ3n) is 3.41. The van der Waals surface area contributed by atoms with E-state index >= 15 is 0 Å². The number of ether oxygens (including phenoxy) is 1. The third kappa shape index (κ3) is 4.51. The number of carbonyl (C=O) groups excluding carboxylic acids is 2. The average molecular weight is 296 g/mol. The topological polar surface area (TPSA) is 82.9 Å². The molecule has 1 heterocycles. The van der Waals surface area contributed by atoms with E-state index in [9.17, 15) is 19.1 Å². The minimum Gasteiger partial charge on any atom is -0.544 e. The molecule has 21 heavy (non-hydrogen) atoms. The van der Waals surface area contributed by atoms with Gasteiger partial charge in [-0.05, 0) is 18.2 Å². The van der Waals surface area contributed by atoms with E-state index < -0.39 is 23.7 Å². The summed E-state index contributed by atoms with van der Waals surface area (Å²) in [7, 11) is 0. The summed E-state index contributed by atoms with van der Waals surface area (Å²) in [6, 6.07) is 4.51. The number of rotatable bonds is 5. The number of nitrogens with one attached hydrogen (secondary N) is 2. The summed E-state index contributed by atoms with van der Waals surface area (Å²) in [4.78, 5) is 23.9. The number of morpholine rings is 1. The lowest BCUT2D eigenvalue weighted by atomic mass is 10.1. The molecular weight excluding hydrogens is 279 g/mol. The van der Waals surface area contributed by atoms with Crippen LogP contribution in [0.25, 0.3) is 0 Å². The van der Waals surface area contributed by atoms with E-state index in [2.05, 4.69) is 5.32 Å². The van der Waals surface area contributed by atoms with Gasteiger partial charge in [-0.25, -0.2) is 4.39 Å². The smallest absolute Gasteiger partial charge is 0.230 e. The van der Waals surface area contributed by atoms with Crippen molar-refractivity contribution in [3.05, 3.63) is 30.1 Å². The number of amides is 1. The van der Waals surface area contributed by atoms with E-state index in [4.69, 9.17) is 4.74 Å². The van der Waals surface area contributed by atoms with Gasteiger partial charge in [0.05, 0.1) is 25.6 Å². The lowest BCUT2D eigenvalue weighted by Gasteiger charge is -2.31. The van der Waals surface area contributed by atoms with Crippen molar-refractivity contribution in [2.45, 2.75) is 12.5 Å². The quantitative estimate of drug-likeness (QED) is 0.671. The SMILES string of the molecule is O=C(C[C@H](C(=O)[O-])[NH+]1CCOCC1)Nc1cccc(F)c1. The van der Waals surface area contributed by atoms with E-state index in [0.29, 0.717) is 32.0 Å². The average Bonchev–Trinajstić information content (AvgIpc) is 2.45. The Balaban J connectivity index is 1.96. The van der Waals surface area contributed by atoms with Crippen LogP contribution in [0, 0.1) is 5.82 Å². The molecule has 1 fully saturated rings. The van der Waals surface area contributed by atoms with Crippen molar-refractivity contribution in [3.63, 3.8) is 0 Å². The van der Waals surface area contributed by atoms with Crippen molar-refractivity contribution in [1.29, 1.82) is 0 Å². The van der Waals surface area contributed by atoms with Crippen LogP contribution in [0.4, 0.5) is 10.1 Å². The highest BCUT2D eigenvalue weighted by molar-refractivity contribution is 5.93. The lowest BCUT2D eigenvalue weighted by Crippen LogP contribution is -3.19. The van der Waals surface area contributed by atoms with Crippen molar-refractivity contribution >= 4 is 17.6 Å². The molecule has 1 aromatic rings. The van der Waals surface area contributed by atoms with Crippen molar-refractivity contribution in [1.82, 2.24) is 0 Å². The van der Waals surface area contributed by atoms with Gasteiger partial charge in [0, 0.05) is 5.69 Å². The van der Waals surface area contributed by atoms with Crippen LogP contribution in [0.1, 0.15) is 6.42 Å². The normalized spacial score (nSPS) is 17.2. The highest BCUT2D eigenvalue weighted by Gasteiger charge is 2.28. The standard InChI is InChI=1S/C14H17FN2O4/c15-10-2-1-3-11(8-10)16-13(18)9-12(14(19)20)17-4-6-21-7-5-17/h1-3,8,12H,4-7,9H2,(H,16,18)(H,19,20)/t12-/m1/s1. The summed E-state index contributed by atoms with van der Waals surface area (Å²) >= 11 is 0. The van der Waals surface area contributed by atoms with Crippen LogP contribution in [-0.4, -0.2) is 44.2 Å². The first kappa shape index (κ1) is 15.4. The van der Waals surface area contributed by atoms with E-state index in [-0.39, 0.29) is 6.42 Å². The highest BCUT2D eigenvalue weighted by Crippen LogP contribution is 2.09. The van der Waals surface area contributed by atoms with Gasteiger partial charge in [-0.2, -0.15) is 0 Å². The number of anilines is 1. The van der Waals surface area contributed by atoms with Crippen LogP contribution >= 0.6 is 0 Å². The van der Waals surface area contributed by atoms with Gasteiger partial charge in [0.2, 0.25) is 5.91 Å². The van der Waals surface area contributed by atoms with E-state index in [1.54, 1.807) is 0 Å². The van der Waals surface area contributed by atoms with Crippen LogP contribution in [-0.2, 0) is 14.3 Å². The molecular formula is C14H17FN2O4. The van der Waals surface area contributed by atoms with Crippen LogP contribution in [0.15, 0.2) is 24.3 Å². The molecule has 114 valence electrons. The number of hydrogen-bond acceptors (Lipinski definition) is 4. The molecule has 0 bridgehead atoms. The number of carbonyl (C=O) groups is 2. The molecule has 1 aliphatic rings. The number of hydrogen-bond donors (Lipinski definition) is 2. The fourth-order valence-corrected chi connectivity index (χ4v) is 2.34. The van der Waals surface area contributed by atoms with Gasteiger partial charge in [-0.1, -0.05) is 6.07 Å². The maximum Gasteiger partial charge on any atom is 0.230 e. The molecule has 1 aliphatic heterocycles. The minimum absolute atomic E-state index is 0.214. The van der Waals surface area contributed by atoms with Gasteiger partial charge in [0.15, 0.2) is 0 Å². The Labute approximate surface area is 121 Å². The van der Waals surface area contributed by atoms with Crippen molar-refractivity contribution in [2.24, 2.45) is 0 Å². The Morgan fingerprint density at radius 1 is 1.38 bits per heavy atom. The highest BCUT2D eigenvalue weighted by atomic mass is 19.1. The number of carboxylic acids is 1. The zero-order valence-electron chi connectivity index (χ0n) is 11.4. The molecule has 7 heteroatoms. The molecule has 1 atom stereocenters. The minimum atomic E-state index is -1.26. The number of carboxylic acid groups (broad SMARTS) is 1. The summed E-state index contributed by atoms with van der Waals surface area (Å²) in [6.45, 7) is 1.97. The van der Waals surface area contributed by atoms with Crippen molar-refractivity contribution < 1.29 is 28.7 Å². The van der Waals surface area contributed by atoms with Crippen molar-refractivity contribution in [2.75, 3.05) is 31.6 Å². The molecule has 0 aliphatic carbocycles. The molecule has 1 saturated heterocycles. The Morgan fingerprint density at radius 3 is 2.71 bits per heavy atom. The van der Waals surface area contributed by atoms with Crippen LogP contribution < -0.4 is 15.3 Å². The van der Waals surface area contributed by atoms with E-state index in [0.717, 1.165) is 4.90 Å². The monoisotopic (exact) mass is 296 g/mol. The number of aliphatic carboxylic acids is 1. The number of halogens is 1. The van der Waals surface area contributed by atoms with Crippen LogP contribution in [0.5, 0.6) is 0 Å². The molecule has 0 aromatic heterocycles. The Kier molecular flexibility index (Phi) is 5.24. The van der Waals surface area contributed by atoms with Crippen LogP contribution in [0.3, 0.4) is 0 Å². The second-order valence-corrected chi connectivity index (χ2v) is 4.90. The zero-order valence-corrected chi connectivity index (χ0v) is 11.4. The van der Waals surface area contributed by atoms with Gasteiger partial charge in [0.1, 0.15) is 24.9 Å². The molecule has 0 unspecified atom stereocenters. The molecule has 2 N–H and O–H groups in total. The Morgan fingerprint density at radius 2 is 2.10 bits per heavy atom. The fraction of sp³-hybridized carbons (Fsp3) is 0.429. The predicted octanol–water partition coefficient (Wildman–Crippen LogP) is -1.81. The maximum absolute atomic E-state index is 13.0. The Bertz CT molecular complexity index is 517. The predicted molar refractivity (Wildman–Crippen MR) is 70.0 cm³/mol. The molecule has 0 radical (unpaired) electrons. The summed E-state index contributed by atoms with van der Waals surface area (Å²) < 4.78 is 18.2. The first-order valence-corrected chi connectivity index (χ1v) is 6.75. The lowest BCUT2D eigenvalue weighted by molar-refractivity contribution is -0.925. The molecule has 6 nitrogen and oxygen atoms in total. The van der Waals surface area contributed by atoms with Gasteiger partial charge < -0.3 is 24.9 Å². The number of benzene rings is 1. The van der Waals surface area contributed by atoms with Crippen LogP contribution in [0.2, 0.25) is 0 Å².